The number of carbonyl (C=O) groups excluding carboxylic acids is 2. The molecule has 0 aliphatic carbocycles. The Hall–Kier alpha value is -4.20. The Morgan fingerprint density at radius 3 is 1.56 bits per heavy atom. The molecular weight excluding hydrogens is 440 g/mol. The van der Waals surface area contributed by atoms with Crippen molar-refractivity contribution in [2.24, 2.45) is 0 Å². The first-order valence-electron chi connectivity index (χ1n) is 10.8. The summed E-state index contributed by atoms with van der Waals surface area (Å²) in [6, 6.07) is 21.6. The molecule has 3 aromatic carbocycles. The fraction of sp³-hybridized carbons (Fsp3) is 0.231. The predicted molar refractivity (Wildman–Crippen MR) is 119 cm³/mol. The molecule has 2 heterocycles. The number of hydrogen-bond acceptors (Lipinski definition) is 8. The minimum Gasteiger partial charge on any atom is -0.485 e. The van der Waals surface area contributed by atoms with E-state index in [-0.39, 0.29) is 26.4 Å². The van der Waals surface area contributed by atoms with E-state index in [2.05, 4.69) is 0 Å². The van der Waals surface area contributed by atoms with Crippen LogP contribution < -0.4 is 18.9 Å². The molecule has 0 fully saturated rings. The Labute approximate surface area is 195 Å². The highest BCUT2D eigenvalue weighted by molar-refractivity contribution is 5.76. The lowest BCUT2D eigenvalue weighted by molar-refractivity contribution is -0.156. The topological polar surface area (TPSA) is 89.5 Å². The summed E-state index contributed by atoms with van der Waals surface area (Å²) in [4.78, 5) is 24.8. The number of fused-ring (bicyclic) bond motifs is 2. The Kier molecular flexibility index (Phi) is 6.20. The minimum atomic E-state index is -0.832. The molecule has 0 N–H and O–H groups in total. The molecule has 0 spiro atoms. The Morgan fingerprint density at radius 2 is 1.09 bits per heavy atom. The average molecular weight is 462 g/mol. The molecule has 0 saturated carbocycles. The van der Waals surface area contributed by atoms with Crippen molar-refractivity contribution >= 4 is 11.9 Å². The zero-order chi connectivity index (χ0) is 23.3. The molecule has 0 radical (unpaired) electrons. The van der Waals surface area contributed by atoms with Gasteiger partial charge in [-0.15, -0.1) is 0 Å². The molecule has 0 saturated heterocycles. The number of para-hydroxylation sites is 4. The molecule has 2 aliphatic heterocycles. The van der Waals surface area contributed by atoms with Gasteiger partial charge in [0.05, 0.1) is 0 Å². The number of ether oxygens (including phenoxy) is 6. The maximum absolute atomic E-state index is 12.4. The van der Waals surface area contributed by atoms with Gasteiger partial charge in [-0.3, -0.25) is 0 Å². The van der Waals surface area contributed by atoms with E-state index < -0.39 is 24.1 Å². The fourth-order valence-corrected chi connectivity index (χ4v) is 3.58. The standard InChI is InChI=1S/C26H22O8/c27-25(23-15-29-19-8-1-3-10-21(19)33-23)31-13-17-6-5-7-18(12-17)14-32-26(28)24-16-30-20-9-2-4-11-22(20)34-24/h1-12,23-24H,13-16H2/t23-,24+. The SMILES string of the molecule is O=C(OCc1cccc(COC(=O)[C@H]2COc3ccccc3O2)c1)[C@@H]1COc2ccccc2O1. The molecule has 0 bridgehead atoms. The summed E-state index contributed by atoms with van der Waals surface area (Å²) in [5.74, 6) is 1.19. The lowest BCUT2D eigenvalue weighted by Crippen LogP contribution is -2.37. The van der Waals surface area contributed by atoms with Crippen molar-refractivity contribution in [1.29, 1.82) is 0 Å². The van der Waals surface area contributed by atoms with Crippen molar-refractivity contribution < 1.29 is 38.0 Å². The number of rotatable bonds is 6. The number of benzene rings is 3. The normalized spacial score (nSPS) is 18.0. The van der Waals surface area contributed by atoms with E-state index in [1.54, 1.807) is 42.5 Å². The van der Waals surface area contributed by atoms with Crippen molar-refractivity contribution in [1.82, 2.24) is 0 Å². The lowest BCUT2D eigenvalue weighted by Gasteiger charge is -2.25. The van der Waals surface area contributed by atoms with Crippen molar-refractivity contribution in [2.75, 3.05) is 13.2 Å². The molecule has 2 atom stereocenters. The number of hydrogen-bond donors (Lipinski definition) is 0. The Morgan fingerprint density at radius 1 is 0.647 bits per heavy atom. The zero-order valence-electron chi connectivity index (χ0n) is 18.2. The van der Waals surface area contributed by atoms with Gasteiger partial charge in [0.25, 0.3) is 0 Å². The van der Waals surface area contributed by atoms with Crippen LogP contribution >= 0.6 is 0 Å². The van der Waals surface area contributed by atoms with Gasteiger partial charge in [0.15, 0.2) is 23.0 Å². The summed E-state index contributed by atoms with van der Waals surface area (Å²) in [5.41, 5.74) is 1.51. The van der Waals surface area contributed by atoms with Crippen LogP contribution in [0.2, 0.25) is 0 Å². The van der Waals surface area contributed by atoms with Crippen LogP contribution in [0.1, 0.15) is 11.1 Å². The summed E-state index contributed by atoms with van der Waals surface area (Å²) in [5, 5.41) is 0. The molecule has 174 valence electrons. The van der Waals surface area contributed by atoms with Gasteiger partial charge < -0.3 is 28.4 Å². The highest BCUT2D eigenvalue weighted by atomic mass is 16.6. The van der Waals surface area contributed by atoms with Gasteiger partial charge in [-0.05, 0) is 41.5 Å². The summed E-state index contributed by atoms with van der Waals surface area (Å²) in [7, 11) is 0. The van der Waals surface area contributed by atoms with E-state index in [9.17, 15) is 9.59 Å². The molecule has 0 aromatic heterocycles. The van der Waals surface area contributed by atoms with Crippen LogP contribution in [0.5, 0.6) is 23.0 Å². The van der Waals surface area contributed by atoms with Crippen LogP contribution in [-0.2, 0) is 32.3 Å². The maximum atomic E-state index is 12.4. The van der Waals surface area contributed by atoms with E-state index in [0.29, 0.717) is 23.0 Å². The van der Waals surface area contributed by atoms with E-state index >= 15 is 0 Å². The minimum absolute atomic E-state index is 0.0541. The number of carbonyl (C=O) groups is 2. The van der Waals surface area contributed by atoms with Gasteiger partial charge in [-0.2, -0.15) is 0 Å². The Bertz CT molecular complexity index is 1100. The lowest BCUT2D eigenvalue weighted by atomic mass is 10.1. The average Bonchev–Trinajstić information content (AvgIpc) is 2.90. The van der Waals surface area contributed by atoms with E-state index in [1.165, 1.54) is 0 Å². The molecule has 8 nitrogen and oxygen atoms in total. The molecule has 3 aromatic rings. The third-order valence-corrected chi connectivity index (χ3v) is 5.30. The Balaban J connectivity index is 1.11. The first kappa shape index (κ1) is 21.6. The first-order chi connectivity index (χ1) is 16.7. The van der Waals surface area contributed by atoms with Gasteiger partial charge >= 0.3 is 11.9 Å². The monoisotopic (exact) mass is 462 g/mol. The molecule has 2 aliphatic rings. The van der Waals surface area contributed by atoms with E-state index in [4.69, 9.17) is 28.4 Å². The summed E-state index contributed by atoms with van der Waals surface area (Å²) < 4.78 is 33.3. The number of esters is 2. The molecule has 0 amide bonds. The molecule has 5 rings (SSSR count). The molecule has 0 unspecified atom stereocenters. The van der Waals surface area contributed by atoms with Crippen molar-refractivity contribution in [3.05, 3.63) is 83.9 Å². The van der Waals surface area contributed by atoms with Crippen molar-refractivity contribution in [2.45, 2.75) is 25.4 Å². The second-order valence-corrected chi connectivity index (χ2v) is 7.76. The molecular formula is C26H22O8. The highest BCUT2D eigenvalue weighted by Gasteiger charge is 2.29. The van der Waals surface area contributed by atoms with Crippen LogP contribution in [-0.4, -0.2) is 37.4 Å². The van der Waals surface area contributed by atoms with Crippen molar-refractivity contribution in [3.63, 3.8) is 0 Å². The van der Waals surface area contributed by atoms with Crippen LogP contribution in [0, 0.1) is 0 Å². The third kappa shape index (κ3) is 4.91. The largest absolute Gasteiger partial charge is 0.485 e. The highest BCUT2D eigenvalue weighted by Crippen LogP contribution is 2.32. The van der Waals surface area contributed by atoms with Gasteiger partial charge in [0.1, 0.15) is 26.4 Å². The van der Waals surface area contributed by atoms with Crippen molar-refractivity contribution in [3.8, 4) is 23.0 Å². The van der Waals surface area contributed by atoms with Crippen LogP contribution in [0.15, 0.2) is 72.8 Å². The predicted octanol–water partition coefficient (Wildman–Crippen LogP) is 3.45. The second kappa shape index (κ2) is 9.74. The molecule has 34 heavy (non-hydrogen) atoms. The second-order valence-electron chi connectivity index (χ2n) is 7.76. The fourth-order valence-electron chi connectivity index (χ4n) is 3.58. The smallest absolute Gasteiger partial charge is 0.351 e. The summed E-state index contributed by atoms with van der Waals surface area (Å²) >= 11 is 0. The van der Waals surface area contributed by atoms with Gasteiger partial charge in [-0.1, -0.05) is 42.5 Å². The summed E-state index contributed by atoms with van der Waals surface area (Å²) in [6.07, 6.45) is -1.66. The van der Waals surface area contributed by atoms with Gasteiger partial charge in [0.2, 0.25) is 12.2 Å². The van der Waals surface area contributed by atoms with Gasteiger partial charge in [-0.25, -0.2) is 9.59 Å². The molecule has 8 heteroatoms. The maximum Gasteiger partial charge on any atom is 0.351 e. The van der Waals surface area contributed by atoms with Crippen LogP contribution in [0.4, 0.5) is 0 Å². The van der Waals surface area contributed by atoms with E-state index in [1.807, 2.05) is 30.3 Å². The van der Waals surface area contributed by atoms with Gasteiger partial charge in [0, 0.05) is 0 Å². The third-order valence-electron chi connectivity index (χ3n) is 5.30. The zero-order valence-corrected chi connectivity index (χ0v) is 18.2. The van der Waals surface area contributed by atoms with Crippen LogP contribution in [0.3, 0.4) is 0 Å². The quantitative estimate of drug-likeness (QED) is 0.515. The van der Waals surface area contributed by atoms with E-state index in [0.717, 1.165) is 11.1 Å². The summed E-state index contributed by atoms with van der Waals surface area (Å²) in [6.45, 7) is 0.281. The first-order valence-corrected chi connectivity index (χ1v) is 10.8. The van der Waals surface area contributed by atoms with Crippen LogP contribution in [0.25, 0.3) is 0 Å².